The Bertz CT molecular complexity index is 1290. The molecule has 0 bridgehead atoms. The van der Waals surface area contributed by atoms with Gasteiger partial charge in [0, 0.05) is 5.39 Å². The molecular weight excluding hydrogens is 392 g/mol. The largest absolute Gasteiger partial charge is 0.459 e. The first kappa shape index (κ1) is 20.5. The first-order chi connectivity index (χ1) is 15.0. The summed E-state index contributed by atoms with van der Waals surface area (Å²) in [5, 5.41) is 9.64. The molecule has 0 saturated heterocycles. The number of benzene rings is 2. The van der Waals surface area contributed by atoms with E-state index < -0.39 is 5.97 Å². The van der Waals surface area contributed by atoms with Crippen LogP contribution < -0.4 is 5.56 Å². The molecule has 7 heteroatoms. The molecule has 0 atom stereocenters. The van der Waals surface area contributed by atoms with E-state index in [0.29, 0.717) is 16.6 Å². The zero-order chi connectivity index (χ0) is 22.0. The topological polar surface area (TPSA) is 79.0 Å². The summed E-state index contributed by atoms with van der Waals surface area (Å²) in [6.45, 7) is 5.84. The molecule has 4 aromatic rings. The fourth-order valence-corrected chi connectivity index (χ4v) is 3.52. The highest BCUT2D eigenvalue weighted by Crippen LogP contribution is 2.24. The Kier molecular flexibility index (Phi) is 5.66. The van der Waals surface area contributed by atoms with Crippen LogP contribution in [0.15, 0.2) is 65.6 Å². The van der Waals surface area contributed by atoms with E-state index in [1.807, 2.05) is 75.4 Å². The molecule has 31 heavy (non-hydrogen) atoms. The summed E-state index contributed by atoms with van der Waals surface area (Å²) >= 11 is 0. The van der Waals surface area contributed by atoms with Gasteiger partial charge in [0.1, 0.15) is 18.7 Å². The number of hydrogen-bond acceptors (Lipinski definition) is 5. The van der Waals surface area contributed by atoms with Gasteiger partial charge in [-0.15, -0.1) is 0 Å². The molecule has 0 aliphatic heterocycles. The first-order valence-electron chi connectivity index (χ1n) is 10.2. The van der Waals surface area contributed by atoms with Crippen molar-refractivity contribution in [3.05, 3.63) is 88.0 Å². The van der Waals surface area contributed by atoms with Crippen LogP contribution in [-0.2, 0) is 22.7 Å². The molecule has 0 N–H and O–H groups in total. The van der Waals surface area contributed by atoms with E-state index in [9.17, 15) is 9.59 Å². The average Bonchev–Trinajstić information content (AvgIpc) is 3.20. The zero-order valence-corrected chi connectivity index (χ0v) is 17.8. The molecule has 0 aliphatic rings. The lowest BCUT2D eigenvalue weighted by molar-refractivity contribution is -0.146. The number of aromatic nitrogens is 4. The Morgan fingerprint density at radius 3 is 2.48 bits per heavy atom. The van der Waals surface area contributed by atoms with Crippen LogP contribution >= 0.6 is 0 Å². The highest BCUT2D eigenvalue weighted by atomic mass is 16.5. The Morgan fingerprint density at radius 1 is 1.06 bits per heavy atom. The number of aryl methyl sites for hydroxylation is 1. The van der Waals surface area contributed by atoms with Crippen LogP contribution in [0.5, 0.6) is 0 Å². The molecule has 0 amide bonds. The minimum Gasteiger partial charge on any atom is -0.459 e. The predicted octanol–water partition coefficient (Wildman–Crippen LogP) is 3.76. The van der Waals surface area contributed by atoms with Crippen molar-refractivity contribution in [3.63, 3.8) is 0 Å². The van der Waals surface area contributed by atoms with Crippen molar-refractivity contribution in [3.8, 4) is 5.69 Å². The maximum Gasteiger partial charge on any atom is 0.328 e. The number of fused-ring (bicyclic) bond motifs is 1. The molecule has 2 aromatic heterocycles. The van der Waals surface area contributed by atoms with Crippen molar-refractivity contribution in [2.75, 3.05) is 0 Å². The van der Waals surface area contributed by atoms with Gasteiger partial charge in [-0.25, -0.2) is 9.36 Å². The molecule has 0 spiro atoms. The Labute approximate surface area is 179 Å². The first-order valence-corrected chi connectivity index (χ1v) is 10.2. The molecule has 2 heterocycles. The summed E-state index contributed by atoms with van der Waals surface area (Å²) in [4.78, 5) is 25.8. The van der Waals surface area contributed by atoms with Crippen molar-refractivity contribution >= 4 is 16.9 Å². The van der Waals surface area contributed by atoms with E-state index in [2.05, 4.69) is 10.2 Å². The molecular formula is C24H24N4O3. The third-order valence-electron chi connectivity index (χ3n) is 5.12. The maximum atomic E-state index is 13.3. The van der Waals surface area contributed by atoms with Gasteiger partial charge in [-0.2, -0.15) is 10.2 Å². The van der Waals surface area contributed by atoms with Crippen molar-refractivity contribution in [2.45, 2.75) is 39.8 Å². The molecule has 0 fully saturated rings. The molecule has 0 unspecified atom stereocenters. The average molecular weight is 416 g/mol. The van der Waals surface area contributed by atoms with Gasteiger partial charge in [0.15, 0.2) is 0 Å². The lowest BCUT2D eigenvalue weighted by Gasteiger charge is -2.13. The Balaban J connectivity index is 1.73. The van der Waals surface area contributed by atoms with Crippen LogP contribution in [0.2, 0.25) is 0 Å². The van der Waals surface area contributed by atoms with Gasteiger partial charge in [0.25, 0.3) is 5.56 Å². The van der Waals surface area contributed by atoms with Crippen LogP contribution in [0.4, 0.5) is 0 Å². The normalized spacial score (nSPS) is 11.2. The fourth-order valence-electron chi connectivity index (χ4n) is 3.52. The molecule has 158 valence electrons. The lowest BCUT2D eigenvalue weighted by atomic mass is 10.1. The second kappa shape index (κ2) is 8.55. The van der Waals surface area contributed by atoms with Crippen molar-refractivity contribution < 1.29 is 9.53 Å². The van der Waals surface area contributed by atoms with Gasteiger partial charge in [0.05, 0.1) is 17.6 Å². The Hall–Kier alpha value is -3.74. The van der Waals surface area contributed by atoms with Crippen LogP contribution in [-0.4, -0.2) is 25.5 Å². The van der Waals surface area contributed by atoms with Crippen molar-refractivity contribution in [1.29, 1.82) is 0 Å². The van der Waals surface area contributed by atoms with E-state index >= 15 is 0 Å². The van der Waals surface area contributed by atoms with Crippen LogP contribution in [0.25, 0.3) is 16.6 Å². The number of esters is 1. The van der Waals surface area contributed by atoms with Gasteiger partial charge in [-0.05, 0) is 30.0 Å². The van der Waals surface area contributed by atoms with Gasteiger partial charge in [-0.1, -0.05) is 62.4 Å². The summed E-state index contributed by atoms with van der Waals surface area (Å²) in [6.07, 6.45) is 1.67. The predicted molar refractivity (Wildman–Crippen MR) is 118 cm³/mol. The monoisotopic (exact) mass is 416 g/mol. The van der Waals surface area contributed by atoms with Gasteiger partial charge >= 0.3 is 5.97 Å². The van der Waals surface area contributed by atoms with E-state index in [1.165, 1.54) is 4.68 Å². The SMILES string of the molecule is Cc1ccccc1-n1ncc2c(C(C)C)nn(CC(=O)OCc3ccccc3)c(=O)c21. The molecule has 0 saturated carbocycles. The molecule has 0 aliphatic carbocycles. The fraction of sp³-hybridized carbons (Fsp3) is 0.250. The van der Waals surface area contributed by atoms with Crippen LogP contribution in [0, 0.1) is 6.92 Å². The summed E-state index contributed by atoms with van der Waals surface area (Å²) in [6, 6.07) is 17.1. The molecule has 0 radical (unpaired) electrons. The van der Waals surface area contributed by atoms with E-state index in [1.54, 1.807) is 10.9 Å². The highest BCUT2D eigenvalue weighted by Gasteiger charge is 2.20. The Morgan fingerprint density at radius 2 is 1.77 bits per heavy atom. The molecule has 2 aromatic carbocycles. The quantitative estimate of drug-likeness (QED) is 0.447. The highest BCUT2D eigenvalue weighted by molar-refractivity contribution is 5.82. The van der Waals surface area contributed by atoms with Gasteiger partial charge < -0.3 is 4.74 Å². The third-order valence-corrected chi connectivity index (χ3v) is 5.12. The number of carbonyl (C=O) groups is 1. The van der Waals surface area contributed by atoms with Crippen molar-refractivity contribution in [2.24, 2.45) is 0 Å². The molecule has 7 nitrogen and oxygen atoms in total. The minimum absolute atomic E-state index is 0.0456. The zero-order valence-electron chi connectivity index (χ0n) is 17.8. The number of ether oxygens (including phenoxy) is 1. The second-order valence-corrected chi connectivity index (χ2v) is 7.75. The van der Waals surface area contributed by atoms with Crippen LogP contribution in [0.1, 0.15) is 36.6 Å². The maximum absolute atomic E-state index is 13.3. The standard InChI is InChI=1S/C24H24N4O3/c1-16(2)22-19-13-25-28(20-12-8-7-9-17(20)3)23(19)24(30)27(26-22)14-21(29)31-15-18-10-5-4-6-11-18/h4-13,16H,14-15H2,1-3H3. The summed E-state index contributed by atoms with van der Waals surface area (Å²) < 4.78 is 8.17. The lowest BCUT2D eigenvalue weighted by Crippen LogP contribution is -2.30. The third kappa shape index (κ3) is 4.12. The van der Waals surface area contributed by atoms with Gasteiger partial charge in [0.2, 0.25) is 0 Å². The number of para-hydroxylation sites is 1. The smallest absolute Gasteiger partial charge is 0.328 e. The number of rotatable bonds is 6. The number of nitrogens with zero attached hydrogens (tertiary/aromatic N) is 4. The van der Waals surface area contributed by atoms with Gasteiger partial charge in [-0.3, -0.25) is 9.59 Å². The van der Waals surface area contributed by atoms with Crippen LogP contribution in [0.3, 0.4) is 0 Å². The molecule has 4 rings (SSSR count). The minimum atomic E-state index is -0.519. The summed E-state index contributed by atoms with van der Waals surface area (Å²) in [7, 11) is 0. The van der Waals surface area contributed by atoms with E-state index in [4.69, 9.17) is 4.74 Å². The van der Waals surface area contributed by atoms with Crippen molar-refractivity contribution in [1.82, 2.24) is 19.6 Å². The number of carbonyl (C=O) groups excluding carboxylic acids is 1. The van der Waals surface area contributed by atoms with E-state index in [-0.39, 0.29) is 24.6 Å². The summed E-state index contributed by atoms with van der Waals surface area (Å²) in [5.74, 6) is -0.473. The summed E-state index contributed by atoms with van der Waals surface area (Å²) in [5.41, 5.74) is 3.43. The second-order valence-electron chi connectivity index (χ2n) is 7.75. The van der Waals surface area contributed by atoms with E-state index in [0.717, 1.165) is 16.8 Å². The number of hydrogen-bond donors (Lipinski definition) is 0.